The Labute approximate surface area is 149 Å². The van der Waals surface area contributed by atoms with E-state index >= 15 is 0 Å². The molecule has 0 aliphatic carbocycles. The largest absolute Gasteiger partial charge is 0.293 e. The van der Waals surface area contributed by atoms with Crippen LogP contribution in [0.15, 0.2) is 40.7 Å². The van der Waals surface area contributed by atoms with Gasteiger partial charge in [-0.1, -0.05) is 6.07 Å². The molecular weight excluding hydrogens is 340 g/mol. The van der Waals surface area contributed by atoms with Crippen LogP contribution >= 0.6 is 23.1 Å². The summed E-state index contributed by atoms with van der Waals surface area (Å²) >= 11 is 3.12. The number of Topliss-reactive ketones (excluding diaryl/α,β-unsaturated/α-hetero) is 1. The fourth-order valence-electron chi connectivity index (χ4n) is 2.33. The molecule has 0 fully saturated rings. The van der Waals surface area contributed by atoms with Gasteiger partial charge >= 0.3 is 0 Å². The van der Waals surface area contributed by atoms with Crippen LogP contribution in [0.3, 0.4) is 0 Å². The Hall–Kier alpha value is -1.99. The molecular formula is C17H18N4OS2. The maximum atomic E-state index is 11.9. The molecule has 24 heavy (non-hydrogen) atoms. The molecule has 3 aromatic rings. The number of nitrogens with zero attached hydrogens (tertiary/aromatic N) is 4. The lowest BCUT2D eigenvalue weighted by Gasteiger charge is -2.04. The van der Waals surface area contributed by atoms with E-state index in [1.807, 2.05) is 49.6 Å². The van der Waals surface area contributed by atoms with Crippen LogP contribution in [0.5, 0.6) is 0 Å². The van der Waals surface area contributed by atoms with Crippen molar-refractivity contribution in [3.05, 3.63) is 52.0 Å². The second-order valence-electron chi connectivity index (χ2n) is 5.42. The summed E-state index contributed by atoms with van der Waals surface area (Å²) in [6.07, 6.45) is 1.41. The van der Waals surface area contributed by atoms with E-state index in [1.54, 1.807) is 16.4 Å². The molecule has 3 heterocycles. The Kier molecular flexibility index (Phi) is 5.42. The summed E-state index contributed by atoms with van der Waals surface area (Å²) < 4.78 is 1.79. The van der Waals surface area contributed by atoms with E-state index in [4.69, 9.17) is 0 Å². The lowest BCUT2D eigenvalue weighted by Crippen LogP contribution is -2.03. The van der Waals surface area contributed by atoms with Gasteiger partial charge in [-0.25, -0.2) is 4.68 Å². The van der Waals surface area contributed by atoms with Gasteiger partial charge in [0.25, 0.3) is 0 Å². The van der Waals surface area contributed by atoms with Crippen LogP contribution < -0.4 is 0 Å². The SMILES string of the molecule is Cc1cc(C)n(-c2ccc(SCCCC(=O)c3cccs3)nn2)n1. The molecule has 0 atom stereocenters. The van der Waals surface area contributed by atoms with E-state index in [9.17, 15) is 4.79 Å². The van der Waals surface area contributed by atoms with Crippen LogP contribution in [-0.4, -0.2) is 31.5 Å². The van der Waals surface area contributed by atoms with E-state index in [1.165, 1.54) is 11.3 Å². The fourth-order valence-corrected chi connectivity index (χ4v) is 3.79. The van der Waals surface area contributed by atoms with Gasteiger partial charge in [-0.15, -0.1) is 33.3 Å². The molecule has 3 aromatic heterocycles. The third-order valence-corrected chi connectivity index (χ3v) is 5.36. The minimum Gasteiger partial charge on any atom is -0.293 e. The average molecular weight is 358 g/mol. The Morgan fingerprint density at radius 3 is 2.75 bits per heavy atom. The standard InChI is InChI=1S/C17H18N4OS2/c1-12-11-13(2)21(20-12)16-7-8-17(19-18-16)24-10-3-5-14(22)15-6-4-9-23-15/h4,6-9,11H,3,5,10H2,1-2H3. The summed E-state index contributed by atoms with van der Waals surface area (Å²) in [5.41, 5.74) is 2.00. The predicted octanol–water partition coefficient (Wildman–Crippen LogP) is 4.10. The first-order valence-corrected chi connectivity index (χ1v) is 9.57. The molecule has 0 aliphatic heterocycles. The van der Waals surface area contributed by atoms with Crippen molar-refractivity contribution < 1.29 is 4.79 Å². The van der Waals surface area contributed by atoms with Crippen molar-refractivity contribution >= 4 is 28.9 Å². The molecule has 0 saturated carbocycles. The maximum absolute atomic E-state index is 11.9. The zero-order valence-electron chi connectivity index (χ0n) is 13.6. The number of carbonyl (C=O) groups excluding carboxylic acids is 1. The second kappa shape index (κ2) is 7.72. The van der Waals surface area contributed by atoms with Crippen LogP contribution in [0.4, 0.5) is 0 Å². The topological polar surface area (TPSA) is 60.7 Å². The highest BCUT2D eigenvalue weighted by molar-refractivity contribution is 7.99. The van der Waals surface area contributed by atoms with Crippen LogP contribution in [0, 0.1) is 13.8 Å². The Morgan fingerprint density at radius 1 is 1.25 bits per heavy atom. The molecule has 0 aromatic carbocycles. The molecule has 3 rings (SSSR count). The monoisotopic (exact) mass is 358 g/mol. The summed E-state index contributed by atoms with van der Waals surface area (Å²) in [4.78, 5) is 12.8. The number of carbonyl (C=O) groups is 1. The van der Waals surface area contributed by atoms with Crippen molar-refractivity contribution in [2.75, 3.05) is 5.75 Å². The number of thioether (sulfide) groups is 1. The predicted molar refractivity (Wildman–Crippen MR) is 97.2 cm³/mol. The Morgan fingerprint density at radius 2 is 2.12 bits per heavy atom. The zero-order chi connectivity index (χ0) is 16.9. The molecule has 0 spiro atoms. The van der Waals surface area contributed by atoms with Crippen molar-refractivity contribution in [2.24, 2.45) is 0 Å². The van der Waals surface area contributed by atoms with E-state index < -0.39 is 0 Å². The van der Waals surface area contributed by atoms with Crippen LogP contribution in [0.2, 0.25) is 0 Å². The summed E-state index contributed by atoms with van der Waals surface area (Å²) in [6.45, 7) is 3.95. The molecule has 7 heteroatoms. The van der Waals surface area contributed by atoms with Gasteiger partial charge in [-0.05, 0) is 55.7 Å². The second-order valence-corrected chi connectivity index (χ2v) is 7.48. The van der Waals surface area contributed by atoms with Gasteiger partial charge in [0.1, 0.15) is 5.03 Å². The minimum atomic E-state index is 0.219. The first-order chi connectivity index (χ1) is 11.6. The average Bonchev–Trinajstić information content (AvgIpc) is 3.22. The van der Waals surface area contributed by atoms with Gasteiger partial charge in [-0.2, -0.15) is 5.10 Å². The lowest BCUT2D eigenvalue weighted by atomic mass is 10.2. The van der Waals surface area contributed by atoms with Crippen molar-refractivity contribution in [1.82, 2.24) is 20.0 Å². The smallest absolute Gasteiger partial charge is 0.175 e. The Bertz CT molecular complexity index is 810. The van der Waals surface area contributed by atoms with Crippen molar-refractivity contribution in [3.63, 3.8) is 0 Å². The van der Waals surface area contributed by atoms with Crippen LogP contribution in [0.1, 0.15) is 33.9 Å². The molecule has 5 nitrogen and oxygen atoms in total. The number of aromatic nitrogens is 4. The third kappa shape index (κ3) is 4.10. The Balaban J connectivity index is 1.50. The van der Waals surface area contributed by atoms with Crippen molar-refractivity contribution in [2.45, 2.75) is 31.7 Å². The van der Waals surface area contributed by atoms with E-state index in [0.29, 0.717) is 6.42 Å². The number of ketones is 1. The normalized spacial score (nSPS) is 10.9. The summed E-state index contributed by atoms with van der Waals surface area (Å²) in [5, 5.41) is 15.7. The summed E-state index contributed by atoms with van der Waals surface area (Å²) in [5.74, 6) is 1.79. The quantitative estimate of drug-likeness (QED) is 0.361. The molecule has 0 N–H and O–H groups in total. The van der Waals surface area contributed by atoms with Gasteiger partial charge in [0.2, 0.25) is 0 Å². The molecule has 0 aliphatic rings. The summed E-state index contributed by atoms with van der Waals surface area (Å²) in [7, 11) is 0. The highest BCUT2D eigenvalue weighted by atomic mass is 32.2. The maximum Gasteiger partial charge on any atom is 0.175 e. The molecule has 0 amide bonds. The molecule has 0 radical (unpaired) electrons. The first kappa shape index (κ1) is 16.9. The lowest BCUT2D eigenvalue weighted by molar-refractivity contribution is 0.0986. The zero-order valence-corrected chi connectivity index (χ0v) is 15.2. The molecule has 0 unspecified atom stereocenters. The number of aryl methyl sites for hydroxylation is 2. The van der Waals surface area contributed by atoms with Gasteiger partial charge in [0.15, 0.2) is 11.6 Å². The summed E-state index contributed by atoms with van der Waals surface area (Å²) in [6, 6.07) is 9.67. The third-order valence-electron chi connectivity index (χ3n) is 3.45. The van der Waals surface area contributed by atoms with Gasteiger partial charge in [0, 0.05) is 12.1 Å². The number of rotatable bonds is 7. The molecule has 0 saturated heterocycles. The highest BCUT2D eigenvalue weighted by Gasteiger charge is 2.08. The fraction of sp³-hybridized carbons (Fsp3) is 0.294. The first-order valence-electron chi connectivity index (χ1n) is 7.70. The number of hydrogen-bond acceptors (Lipinski definition) is 6. The van der Waals surface area contributed by atoms with E-state index in [-0.39, 0.29) is 5.78 Å². The minimum absolute atomic E-state index is 0.219. The number of thiophene rings is 1. The van der Waals surface area contributed by atoms with Crippen molar-refractivity contribution in [3.8, 4) is 5.82 Å². The molecule has 124 valence electrons. The van der Waals surface area contributed by atoms with Gasteiger partial charge < -0.3 is 0 Å². The highest BCUT2D eigenvalue weighted by Crippen LogP contribution is 2.19. The van der Waals surface area contributed by atoms with E-state index in [2.05, 4.69) is 15.3 Å². The number of hydrogen-bond donors (Lipinski definition) is 0. The van der Waals surface area contributed by atoms with Gasteiger partial charge in [-0.3, -0.25) is 4.79 Å². The van der Waals surface area contributed by atoms with Crippen LogP contribution in [-0.2, 0) is 0 Å². The van der Waals surface area contributed by atoms with Crippen molar-refractivity contribution in [1.29, 1.82) is 0 Å². The molecule has 0 bridgehead atoms. The van der Waals surface area contributed by atoms with Gasteiger partial charge in [0.05, 0.1) is 10.6 Å². The van der Waals surface area contributed by atoms with Crippen LogP contribution in [0.25, 0.3) is 5.82 Å². The van der Waals surface area contributed by atoms with E-state index in [0.717, 1.165) is 39.3 Å².